The van der Waals surface area contributed by atoms with E-state index in [1.807, 2.05) is 24.3 Å². The van der Waals surface area contributed by atoms with Gasteiger partial charge >= 0.3 is 0 Å². The predicted molar refractivity (Wildman–Crippen MR) is 108 cm³/mol. The molecule has 2 aromatic rings. The van der Waals surface area contributed by atoms with Gasteiger partial charge in [0.05, 0.1) is 0 Å². The van der Waals surface area contributed by atoms with E-state index in [-0.39, 0.29) is 30.7 Å². The summed E-state index contributed by atoms with van der Waals surface area (Å²) < 4.78 is 0. The minimum absolute atomic E-state index is 0.218. The van der Waals surface area contributed by atoms with Gasteiger partial charge in [0.15, 0.2) is 0 Å². The fraction of sp³-hybridized carbons (Fsp3) is 0.273. The normalized spacial score (nSPS) is 19.3. The van der Waals surface area contributed by atoms with Crippen LogP contribution in [0.1, 0.15) is 45.9 Å². The largest absolute Gasteiger partial charge is 0.350 e. The number of hydrogen-bond donors (Lipinski definition) is 3. The first-order valence-electron chi connectivity index (χ1n) is 9.79. The summed E-state index contributed by atoms with van der Waals surface area (Å²) in [6, 6.07) is 13.1. The van der Waals surface area contributed by atoms with Crippen LogP contribution in [0.2, 0.25) is 0 Å². The summed E-state index contributed by atoms with van der Waals surface area (Å²) in [5.74, 6) is -1.26. The van der Waals surface area contributed by atoms with Crippen LogP contribution >= 0.6 is 0 Å². The van der Waals surface area contributed by atoms with Gasteiger partial charge in [0.2, 0.25) is 17.7 Å². The molecule has 0 spiro atoms. The molecule has 1 saturated heterocycles. The molecule has 0 aromatic heterocycles. The van der Waals surface area contributed by atoms with Crippen LogP contribution in [-0.4, -0.2) is 34.6 Å². The number of rotatable bonds is 5. The van der Waals surface area contributed by atoms with Crippen molar-refractivity contribution in [2.75, 3.05) is 0 Å². The minimum Gasteiger partial charge on any atom is -0.350 e. The van der Waals surface area contributed by atoms with Crippen LogP contribution in [0, 0.1) is 0 Å². The van der Waals surface area contributed by atoms with Gasteiger partial charge in [-0.1, -0.05) is 42.5 Å². The fourth-order valence-electron chi connectivity index (χ4n) is 3.85. The molecule has 4 rings (SSSR count). The van der Waals surface area contributed by atoms with Gasteiger partial charge in [0.25, 0.3) is 5.91 Å². The van der Waals surface area contributed by atoms with E-state index < -0.39 is 18.0 Å². The molecule has 2 aromatic carbocycles. The smallest absolute Gasteiger partial charge is 0.255 e. The summed E-state index contributed by atoms with van der Waals surface area (Å²) in [5.41, 5.74) is 8.91. The van der Waals surface area contributed by atoms with Crippen molar-refractivity contribution in [2.24, 2.45) is 5.73 Å². The molecule has 0 bridgehead atoms. The molecule has 0 radical (unpaired) electrons. The van der Waals surface area contributed by atoms with Gasteiger partial charge in [-0.3, -0.25) is 24.5 Å². The summed E-state index contributed by atoms with van der Waals surface area (Å²) >= 11 is 0. The Bertz CT molecular complexity index is 1020. The number of benzene rings is 2. The maximum absolute atomic E-state index is 12.7. The van der Waals surface area contributed by atoms with E-state index in [0.717, 1.165) is 16.7 Å². The molecule has 2 aliphatic heterocycles. The number of nitrogens with two attached hydrogens (primary N) is 1. The zero-order valence-corrected chi connectivity index (χ0v) is 16.3. The van der Waals surface area contributed by atoms with Gasteiger partial charge in [-0.2, -0.15) is 0 Å². The Morgan fingerprint density at radius 3 is 2.67 bits per heavy atom. The van der Waals surface area contributed by atoms with E-state index in [0.29, 0.717) is 18.5 Å². The van der Waals surface area contributed by atoms with Gasteiger partial charge in [0.1, 0.15) is 12.1 Å². The van der Waals surface area contributed by atoms with Crippen molar-refractivity contribution in [3.8, 4) is 0 Å². The lowest BCUT2D eigenvalue weighted by atomic mass is 10.0. The second-order valence-electron chi connectivity index (χ2n) is 7.50. The molecule has 0 saturated carbocycles. The highest BCUT2D eigenvalue weighted by Gasteiger charge is 2.39. The van der Waals surface area contributed by atoms with Crippen LogP contribution in [0.15, 0.2) is 48.5 Å². The van der Waals surface area contributed by atoms with E-state index >= 15 is 0 Å². The minimum atomic E-state index is -0.759. The standard InChI is InChI=1S/C22H22N4O4/c23-19(14-4-2-1-3-5-14)21(29)24-11-13-6-7-16-15(10-13)12-26(22(16)30)17-8-9-18(27)25-20(17)28/h1-7,10,17,19H,8-9,11-12,23H2,(H,24,29)(H,25,27,28). The SMILES string of the molecule is NC(C(=O)NCc1ccc2c(c1)CN(C1CCC(=O)NC1=O)C2=O)c1ccccc1. The molecule has 4 N–H and O–H groups in total. The van der Waals surface area contributed by atoms with Crippen molar-refractivity contribution in [1.29, 1.82) is 0 Å². The van der Waals surface area contributed by atoms with Crippen LogP contribution in [0.3, 0.4) is 0 Å². The molecule has 154 valence electrons. The van der Waals surface area contributed by atoms with Crippen LogP contribution in [0.5, 0.6) is 0 Å². The van der Waals surface area contributed by atoms with Crippen molar-refractivity contribution >= 4 is 23.6 Å². The molecular formula is C22H22N4O4. The van der Waals surface area contributed by atoms with Gasteiger partial charge in [0, 0.05) is 25.1 Å². The summed E-state index contributed by atoms with van der Waals surface area (Å²) in [6.45, 7) is 0.574. The summed E-state index contributed by atoms with van der Waals surface area (Å²) in [7, 11) is 0. The number of fused-ring (bicyclic) bond motifs is 1. The quantitative estimate of drug-likeness (QED) is 0.633. The lowest BCUT2D eigenvalue weighted by Gasteiger charge is -2.29. The van der Waals surface area contributed by atoms with E-state index in [2.05, 4.69) is 10.6 Å². The lowest BCUT2D eigenvalue weighted by molar-refractivity contribution is -0.137. The van der Waals surface area contributed by atoms with Gasteiger partial charge in [-0.05, 0) is 29.2 Å². The van der Waals surface area contributed by atoms with E-state index in [9.17, 15) is 19.2 Å². The Hall–Kier alpha value is -3.52. The molecule has 8 nitrogen and oxygen atoms in total. The van der Waals surface area contributed by atoms with Gasteiger partial charge in [-0.15, -0.1) is 0 Å². The Morgan fingerprint density at radius 2 is 1.93 bits per heavy atom. The highest BCUT2D eigenvalue weighted by Crippen LogP contribution is 2.28. The van der Waals surface area contributed by atoms with Crippen molar-refractivity contribution in [1.82, 2.24) is 15.5 Å². The molecule has 0 aliphatic carbocycles. The molecule has 2 heterocycles. The van der Waals surface area contributed by atoms with Crippen LogP contribution < -0.4 is 16.4 Å². The second-order valence-corrected chi connectivity index (χ2v) is 7.50. The highest BCUT2D eigenvalue weighted by atomic mass is 16.2. The number of hydrogen-bond acceptors (Lipinski definition) is 5. The van der Waals surface area contributed by atoms with Crippen molar-refractivity contribution in [2.45, 2.75) is 38.0 Å². The van der Waals surface area contributed by atoms with E-state index in [1.54, 1.807) is 24.3 Å². The first-order chi connectivity index (χ1) is 14.4. The fourth-order valence-corrected chi connectivity index (χ4v) is 3.85. The number of nitrogens with zero attached hydrogens (tertiary/aromatic N) is 1. The molecule has 4 amide bonds. The first kappa shape index (κ1) is 19.8. The molecule has 2 aliphatic rings. The maximum Gasteiger partial charge on any atom is 0.255 e. The number of imide groups is 1. The third-order valence-corrected chi connectivity index (χ3v) is 5.50. The average Bonchev–Trinajstić information content (AvgIpc) is 3.07. The number of piperidine rings is 1. The third-order valence-electron chi connectivity index (χ3n) is 5.50. The zero-order chi connectivity index (χ0) is 21.3. The first-order valence-corrected chi connectivity index (χ1v) is 9.79. The monoisotopic (exact) mass is 406 g/mol. The number of carbonyl (C=O) groups excluding carboxylic acids is 4. The summed E-state index contributed by atoms with van der Waals surface area (Å²) in [5, 5.41) is 5.11. The number of nitrogens with one attached hydrogen (secondary N) is 2. The Labute approximate surface area is 173 Å². The summed E-state index contributed by atoms with van der Waals surface area (Å²) in [6.07, 6.45) is 0.542. The average molecular weight is 406 g/mol. The number of amides is 4. The van der Waals surface area contributed by atoms with Crippen molar-refractivity contribution in [3.63, 3.8) is 0 Å². The number of carbonyl (C=O) groups is 4. The zero-order valence-electron chi connectivity index (χ0n) is 16.3. The van der Waals surface area contributed by atoms with Crippen molar-refractivity contribution < 1.29 is 19.2 Å². The van der Waals surface area contributed by atoms with Crippen LogP contribution in [0.4, 0.5) is 0 Å². The Morgan fingerprint density at radius 1 is 1.17 bits per heavy atom. The van der Waals surface area contributed by atoms with E-state index in [1.165, 1.54) is 4.90 Å². The topological polar surface area (TPSA) is 122 Å². The molecule has 1 fully saturated rings. The lowest BCUT2D eigenvalue weighted by Crippen LogP contribution is -2.52. The summed E-state index contributed by atoms with van der Waals surface area (Å²) in [4.78, 5) is 50.1. The third kappa shape index (κ3) is 3.81. The molecule has 2 unspecified atom stereocenters. The van der Waals surface area contributed by atoms with Gasteiger partial charge < -0.3 is 16.0 Å². The maximum atomic E-state index is 12.7. The second kappa shape index (κ2) is 8.08. The molecular weight excluding hydrogens is 384 g/mol. The van der Waals surface area contributed by atoms with E-state index in [4.69, 9.17) is 5.73 Å². The van der Waals surface area contributed by atoms with Crippen LogP contribution in [0.25, 0.3) is 0 Å². The predicted octanol–water partition coefficient (Wildman–Crippen LogP) is 0.764. The van der Waals surface area contributed by atoms with Crippen molar-refractivity contribution in [3.05, 3.63) is 70.8 Å². The molecule has 30 heavy (non-hydrogen) atoms. The Balaban J connectivity index is 1.41. The van der Waals surface area contributed by atoms with Gasteiger partial charge in [-0.25, -0.2) is 0 Å². The van der Waals surface area contributed by atoms with Crippen LogP contribution in [-0.2, 0) is 27.5 Å². The molecule has 8 heteroatoms. The Kier molecular flexibility index (Phi) is 5.33. The highest BCUT2D eigenvalue weighted by molar-refractivity contribution is 6.05. The molecule has 2 atom stereocenters.